The fourth-order valence-electron chi connectivity index (χ4n) is 1.96. The van der Waals surface area contributed by atoms with Gasteiger partial charge in [0.1, 0.15) is 6.61 Å². The van der Waals surface area contributed by atoms with Crippen molar-refractivity contribution in [2.75, 3.05) is 32.8 Å². The van der Waals surface area contributed by atoms with Gasteiger partial charge in [-0.05, 0) is 46.7 Å². The predicted molar refractivity (Wildman–Crippen MR) is 70.6 cm³/mol. The van der Waals surface area contributed by atoms with Crippen molar-refractivity contribution in [2.45, 2.75) is 45.3 Å². The van der Waals surface area contributed by atoms with Crippen LogP contribution < -0.4 is 10.6 Å². The second-order valence-electron chi connectivity index (χ2n) is 5.23. The molecular weight excluding hydrogens is 232 g/mol. The molecule has 0 unspecified atom stereocenters. The average molecular weight is 258 g/mol. The SMILES string of the molecule is CCOC(C)(C)CNC(=O)COC1CCNCC1. The summed E-state index contributed by atoms with van der Waals surface area (Å²) in [6, 6.07) is 0. The van der Waals surface area contributed by atoms with Crippen LogP contribution in [0.25, 0.3) is 0 Å². The van der Waals surface area contributed by atoms with Crippen molar-refractivity contribution >= 4 is 5.91 Å². The Balaban J connectivity index is 2.13. The third kappa shape index (κ3) is 6.33. The van der Waals surface area contributed by atoms with Crippen LogP contribution in [0.4, 0.5) is 0 Å². The Bertz CT molecular complexity index is 251. The van der Waals surface area contributed by atoms with Crippen molar-refractivity contribution < 1.29 is 14.3 Å². The predicted octanol–water partition coefficient (Wildman–Crippen LogP) is 0.686. The van der Waals surface area contributed by atoms with Gasteiger partial charge >= 0.3 is 0 Å². The lowest BCUT2D eigenvalue weighted by Crippen LogP contribution is -2.42. The normalized spacial score (nSPS) is 17.7. The Hall–Kier alpha value is -0.650. The van der Waals surface area contributed by atoms with Gasteiger partial charge in [0.25, 0.3) is 0 Å². The molecule has 0 aromatic carbocycles. The van der Waals surface area contributed by atoms with E-state index in [1.165, 1.54) is 0 Å². The summed E-state index contributed by atoms with van der Waals surface area (Å²) in [5.74, 6) is -0.0682. The van der Waals surface area contributed by atoms with Crippen LogP contribution in [0.1, 0.15) is 33.6 Å². The van der Waals surface area contributed by atoms with E-state index in [1.807, 2.05) is 20.8 Å². The zero-order valence-corrected chi connectivity index (χ0v) is 11.8. The van der Waals surface area contributed by atoms with Gasteiger partial charge in [0.2, 0.25) is 5.91 Å². The van der Waals surface area contributed by atoms with Gasteiger partial charge in [-0.2, -0.15) is 0 Å². The van der Waals surface area contributed by atoms with Crippen LogP contribution in [0.15, 0.2) is 0 Å². The largest absolute Gasteiger partial charge is 0.374 e. The van der Waals surface area contributed by atoms with Crippen molar-refractivity contribution in [1.82, 2.24) is 10.6 Å². The molecule has 1 rings (SSSR count). The number of carbonyl (C=O) groups excluding carboxylic acids is 1. The molecule has 2 N–H and O–H groups in total. The molecule has 0 radical (unpaired) electrons. The minimum atomic E-state index is -0.320. The molecule has 18 heavy (non-hydrogen) atoms. The number of amides is 1. The molecule has 1 fully saturated rings. The van der Waals surface area contributed by atoms with Crippen LogP contribution in [-0.4, -0.2) is 50.5 Å². The van der Waals surface area contributed by atoms with E-state index >= 15 is 0 Å². The summed E-state index contributed by atoms with van der Waals surface area (Å²) < 4.78 is 11.1. The lowest BCUT2D eigenvalue weighted by Gasteiger charge is -2.26. The molecule has 0 bridgehead atoms. The van der Waals surface area contributed by atoms with E-state index in [4.69, 9.17) is 9.47 Å². The second kappa shape index (κ2) is 7.71. The van der Waals surface area contributed by atoms with E-state index in [1.54, 1.807) is 0 Å². The van der Waals surface area contributed by atoms with Gasteiger partial charge in [0.05, 0.1) is 11.7 Å². The Morgan fingerprint density at radius 3 is 2.67 bits per heavy atom. The maximum atomic E-state index is 11.6. The van der Waals surface area contributed by atoms with E-state index in [-0.39, 0.29) is 24.2 Å². The van der Waals surface area contributed by atoms with Crippen LogP contribution >= 0.6 is 0 Å². The molecule has 0 aromatic heterocycles. The summed E-state index contributed by atoms with van der Waals surface area (Å²) in [7, 11) is 0. The Labute approximate surface area is 110 Å². The molecule has 1 aliphatic heterocycles. The molecule has 5 nitrogen and oxygen atoms in total. The Kier molecular flexibility index (Phi) is 6.60. The highest BCUT2D eigenvalue weighted by Gasteiger charge is 2.19. The quantitative estimate of drug-likeness (QED) is 0.705. The number of hydrogen-bond donors (Lipinski definition) is 2. The Morgan fingerprint density at radius 1 is 1.39 bits per heavy atom. The number of nitrogens with one attached hydrogen (secondary N) is 2. The van der Waals surface area contributed by atoms with Gasteiger partial charge in [-0.3, -0.25) is 4.79 Å². The van der Waals surface area contributed by atoms with Gasteiger partial charge in [-0.15, -0.1) is 0 Å². The molecule has 5 heteroatoms. The lowest BCUT2D eigenvalue weighted by molar-refractivity contribution is -0.129. The van der Waals surface area contributed by atoms with Gasteiger partial charge in [-0.1, -0.05) is 0 Å². The van der Waals surface area contributed by atoms with Gasteiger partial charge in [-0.25, -0.2) is 0 Å². The standard InChI is InChI=1S/C13H26N2O3/c1-4-18-13(2,3)10-15-12(16)9-17-11-5-7-14-8-6-11/h11,14H,4-10H2,1-3H3,(H,15,16). The minimum Gasteiger partial charge on any atom is -0.374 e. The first-order chi connectivity index (χ1) is 8.53. The van der Waals surface area contributed by atoms with E-state index in [0.717, 1.165) is 25.9 Å². The average Bonchev–Trinajstić information content (AvgIpc) is 2.35. The van der Waals surface area contributed by atoms with E-state index in [9.17, 15) is 4.79 Å². The lowest BCUT2D eigenvalue weighted by atomic mass is 10.1. The highest BCUT2D eigenvalue weighted by Crippen LogP contribution is 2.08. The zero-order valence-electron chi connectivity index (χ0n) is 11.8. The highest BCUT2D eigenvalue weighted by atomic mass is 16.5. The number of hydrogen-bond acceptors (Lipinski definition) is 4. The number of ether oxygens (including phenoxy) is 2. The molecular formula is C13H26N2O3. The Morgan fingerprint density at radius 2 is 2.06 bits per heavy atom. The van der Waals surface area contributed by atoms with Crippen LogP contribution in [0.3, 0.4) is 0 Å². The minimum absolute atomic E-state index is 0.0682. The van der Waals surface area contributed by atoms with Crippen molar-refractivity contribution in [3.8, 4) is 0 Å². The maximum Gasteiger partial charge on any atom is 0.246 e. The van der Waals surface area contributed by atoms with Crippen molar-refractivity contribution in [3.05, 3.63) is 0 Å². The summed E-state index contributed by atoms with van der Waals surface area (Å²) in [6.45, 7) is 9.13. The molecule has 1 amide bonds. The van der Waals surface area contributed by atoms with Gasteiger partial charge in [0, 0.05) is 13.2 Å². The van der Waals surface area contributed by atoms with Gasteiger partial charge in [0.15, 0.2) is 0 Å². The molecule has 0 saturated carbocycles. The molecule has 0 spiro atoms. The van der Waals surface area contributed by atoms with Crippen molar-refractivity contribution in [1.29, 1.82) is 0 Å². The van der Waals surface area contributed by atoms with Crippen LogP contribution in [-0.2, 0) is 14.3 Å². The zero-order chi connectivity index (χ0) is 13.4. The first-order valence-electron chi connectivity index (χ1n) is 6.76. The molecule has 0 aromatic rings. The third-order valence-corrected chi connectivity index (χ3v) is 2.98. The highest BCUT2D eigenvalue weighted by molar-refractivity contribution is 5.77. The van der Waals surface area contributed by atoms with Crippen molar-refractivity contribution in [2.24, 2.45) is 0 Å². The van der Waals surface area contributed by atoms with E-state index in [2.05, 4.69) is 10.6 Å². The maximum absolute atomic E-state index is 11.6. The monoisotopic (exact) mass is 258 g/mol. The van der Waals surface area contributed by atoms with E-state index < -0.39 is 0 Å². The number of carbonyl (C=O) groups is 1. The first kappa shape index (κ1) is 15.4. The van der Waals surface area contributed by atoms with Crippen molar-refractivity contribution in [3.63, 3.8) is 0 Å². The smallest absolute Gasteiger partial charge is 0.246 e. The van der Waals surface area contributed by atoms with Crippen LogP contribution in [0, 0.1) is 0 Å². The third-order valence-electron chi connectivity index (χ3n) is 2.98. The summed E-state index contributed by atoms with van der Waals surface area (Å²) >= 11 is 0. The second-order valence-corrected chi connectivity index (χ2v) is 5.23. The summed E-state index contributed by atoms with van der Waals surface area (Å²) in [6.07, 6.45) is 2.19. The van der Waals surface area contributed by atoms with E-state index in [0.29, 0.717) is 13.2 Å². The fraction of sp³-hybridized carbons (Fsp3) is 0.923. The first-order valence-corrected chi connectivity index (χ1v) is 6.76. The topological polar surface area (TPSA) is 59.6 Å². The fourth-order valence-corrected chi connectivity index (χ4v) is 1.96. The molecule has 1 saturated heterocycles. The summed E-state index contributed by atoms with van der Waals surface area (Å²) in [5.41, 5.74) is -0.320. The number of rotatable bonds is 7. The molecule has 1 heterocycles. The molecule has 106 valence electrons. The number of piperidine rings is 1. The van der Waals surface area contributed by atoms with Gasteiger partial charge < -0.3 is 20.1 Å². The summed E-state index contributed by atoms with van der Waals surface area (Å²) in [4.78, 5) is 11.6. The van der Waals surface area contributed by atoms with Crippen LogP contribution in [0.2, 0.25) is 0 Å². The molecule has 0 atom stereocenters. The van der Waals surface area contributed by atoms with Crippen LogP contribution in [0.5, 0.6) is 0 Å². The molecule has 1 aliphatic rings. The molecule has 0 aliphatic carbocycles. The summed E-state index contributed by atoms with van der Waals surface area (Å²) in [5, 5.41) is 6.11.